The Hall–Kier alpha value is -2.01. The normalized spacial score (nSPS) is 27.5. The minimum Gasteiger partial charge on any atom is -0.390 e. The van der Waals surface area contributed by atoms with E-state index >= 15 is 0 Å². The van der Waals surface area contributed by atoms with E-state index in [9.17, 15) is 9.90 Å². The van der Waals surface area contributed by atoms with Crippen LogP contribution in [-0.2, 0) is 0 Å². The fourth-order valence-electron chi connectivity index (χ4n) is 3.14. The number of carbonyl (C=O) groups excluding carboxylic acids is 1. The van der Waals surface area contributed by atoms with Crippen LogP contribution in [0.3, 0.4) is 0 Å². The van der Waals surface area contributed by atoms with Crippen molar-refractivity contribution in [3.63, 3.8) is 0 Å². The molecule has 0 aromatic carbocycles. The van der Waals surface area contributed by atoms with E-state index in [-0.39, 0.29) is 11.9 Å². The second kappa shape index (κ2) is 4.74. The lowest BCUT2D eigenvalue weighted by atomic mass is 9.77. The van der Waals surface area contributed by atoms with E-state index in [1.807, 2.05) is 12.1 Å². The van der Waals surface area contributed by atoms with Gasteiger partial charge in [-0.3, -0.25) is 14.8 Å². The van der Waals surface area contributed by atoms with Crippen LogP contribution in [0.2, 0.25) is 0 Å². The third-order valence-electron chi connectivity index (χ3n) is 4.55. The highest BCUT2D eigenvalue weighted by molar-refractivity contribution is 5.97. The topological polar surface area (TPSA) is 75.1 Å². The summed E-state index contributed by atoms with van der Waals surface area (Å²) in [6, 6.07) is 3.91. The van der Waals surface area contributed by atoms with Crippen LogP contribution < -0.4 is 5.32 Å². The van der Waals surface area contributed by atoms with E-state index in [0.29, 0.717) is 24.3 Å². The molecule has 0 atom stereocenters. The number of nitrogens with zero attached hydrogens (tertiary/aromatic N) is 2. The van der Waals surface area contributed by atoms with Crippen LogP contribution in [0.4, 0.5) is 0 Å². The standard InChI is InChI=1S/C17H19N3O2/c1-17(22)6-13(7-17)20-16(21)12-4-11-8-18-14(10-2-3-10)5-15(11)19-9-12/h4-5,8-10,13,22H,2-3,6-7H2,1H3,(H,20,21). The number of amides is 1. The van der Waals surface area contributed by atoms with Gasteiger partial charge in [0.25, 0.3) is 5.91 Å². The molecule has 0 aliphatic heterocycles. The molecule has 22 heavy (non-hydrogen) atoms. The van der Waals surface area contributed by atoms with Crippen molar-refractivity contribution in [3.8, 4) is 0 Å². The number of rotatable bonds is 3. The average molecular weight is 297 g/mol. The molecule has 114 valence electrons. The summed E-state index contributed by atoms with van der Waals surface area (Å²) in [5, 5.41) is 13.5. The van der Waals surface area contributed by atoms with Crippen molar-refractivity contribution in [1.82, 2.24) is 15.3 Å². The van der Waals surface area contributed by atoms with Crippen molar-refractivity contribution in [1.29, 1.82) is 0 Å². The highest BCUT2D eigenvalue weighted by Crippen LogP contribution is 2.39. The molecular formula is C17H19N3O2. The van der Waals surface area contributed by atoms with Crippen molar-refractivity contribution in [2.75, 3.05) is 0 Å². The van der Waals surface area contributed by atoms with Gasteiger partial charge in [-0.1, -0.05) is 0 Å². The zero-order valence-corrected chi connectivity index (χ0v) is 12.5. The molecule has 2 aliphatic rings. The molecule has 2 fully saturated rings. The van der Waals surface area contributed by atoms with Crippen molar-refractivity contribution in [2.45, 2.75) is 50.2 Å². The van der Waals surface area contributed by atoms with Gasteiger partial charge in [0, 0.05) is 35.4 Å². The Kier molecular flexibility index (Phi) is 2.94. The van der Waals surface area contributed by atoms with Crippen LogP contribution in [0.25, 0.3) is 10.9 Å². The number of pyridine rings is 2. The largest absolute Gasteiger partial charge is 0.390 e. The monoisotopic (exact) mass is 297 g/mol. The molecule has 2 N–H and O–H groups in total. The zero-order chi connectivity index (χ0) is 15.3. The van der Waals surface area contributed by atoms with Crippen molar-refractivity contribution >= 4 is 16.8 Å². The maximum absolute atomic E-state index is 12.2. The van der Waals surface area contributed by atoms with Gasteiger partial charge in [-0.15, -0.1) is 0 Å². The highest BCUT2D eigenvalue weighted by atomic mass is 16.3. The van der Waals surface area contributed by atoms with Crippen LogP contribution in [0, 0.1) is 0 Å². The molecule has 0 radical (unpaired) electrons. The van der Waals surface area contributed by atoms with E-state index in [2.05, 4.69) is 15.3 Å². The fraction of sp³-hybridized carbons (Fsp3) is 0.471. The number of hydrogen-bond donors (Lipinski definition) is 2. The Morgan fingerprint density at radius 2 is 2.05 bits per heavy atom. The molecule has 0 unspecified atom stereocenters. The van der Waals surface area contributed by atoms with Crippen LogP contribution >= 0.6 is 0 Å². The first-order valence-corrected chi connectivity index (χ1v) is 7.79. The van der Waals surface area contributed by atoms with Crippen LogP contribution in [0.5, 0.6) is 0 Å². The molecule has 1 amide bonds. The van der Waals surface area contributed by atoms with Gasteiger partial charge < -0.3 is 10.4 Å². The lowest BCUT2D eigenvalue weighted by molar-refractivity contribution is -0.0366. The summed E-state index contributed by atoms with van der Waals surface area (Å²) in [5.74, 6) is 0.460. The Bertz CT molecular complexity index is 745. The Labute approximate surface area is 128 Å². The van der Waals surface area contributed by atoms with Gasteiger partial charge in [-0.05, 0) is 44.7 Å². The third kappa shape index (κ3) is 2.57. The minimum atomic E-state index is -0.636. The van der Waals surface area contributed by atoms with E-state index in [4.69, 9.17) is 0 Å². The second-order valence-electron chi connectivity index (χ2n) is 6.88. The van der Waals surface area contributed by atoms with Gasteiger partial charge in [0.2, 0.25) is 0 Å². The first kappa shape index (κ1) is 13.6. The molecular weight excluding hydrogens is 278 g/mol. The minimum absolute atomic E-state index is 0.0496. The first-order valence-electron chi connectivity index (χ1n) is 7.79. The molecule has 2 saturated carbocycles. The molecule has 2 aromatic heterocycles. The van der Waals surface area contributed by atoms with Crippen molar-refractivity contribution < 1.29 is 9.90 Å². The summed E-state index contributed by atoms with van der Waals surface area (Å²) in [5.41, 5.74) is 1.90. The second-order valence-corrected chi connectivity index (χ2v) is 6.88. The molecule has 5 nitrogen and oxygen atoms in total. The summed E-state index contributed by atoms with van der Waals surface area (Å²) in [6.07, 6.45) is 7.05. The summed E-state index contributed by atoms with van der Waals surface area (Å²) in [6.45, 7) is 1.79. The average Bonchev–Trinajstić information content (AvgIpc) is 3.28. The van der Waals surface area contributed by atoms with Gasteiger partial charge in [0.15, 0.2) is 0 Å². The van der Waals surface area contributed by atoms with Gasteiger partial charge in [0.1, 0.15) is 0 Å². The maximum Gasteiger partial charge on any atom is 0.253 e. The lowest BCUT2D eigenvalue weighted by Crippen LogP contribution is -2.53. The molecule has 5 heteroatoms. The Morgan fingerprint density at radius 1 is 1.27 bits per heavy atom. The lowest BCUT2D eigenvalue weighted by Gasteiger charge is -2.41. The molecule has 0 saturated heterocycles. The number of fused-ring (bicyclic) bond motifs is 1. The molecule has 2 heterocycles. The van der Waals surface area contributed by atoms with Crippen LogP contribution in [0.1, 0.15) is 54.6 Å². The van der Waals surface area contributed by atoms with Crippen molar-refractivity contribution in [2.24, 2.45) is 0 Å². The Balaban J connectivity index is 1.52. The number of aromatic nitrogens is 2. The SMILES string of the molecule is CC1(O)CC(NC(=O)c2cnc3cc(C4CC4)ncc3c2)C1. The maximum atomic E-state index is 12.2. The van der Waals surface area contributed by atoms with Gasteiger partial charge in [0.05, 0.1) is 16.7 Å². The van der Waals surface area contributed by atoms with Gasteiger partial charge >= 0.3 is 0 Å². The summed E-state index contributed by atoms with van der Waals surface area (Å²) in [7, 11) is 0. The summed E-state index contributed by atoms with van der Waals surface area (Å²) in [4.78, 5) is 21.1. The van der Waals surface area contributed by atoms with E-state index in [0.717, 1.165) is 16.6 Å². The number of aliphatic hydroxyl groups is 1. The predicted octanol–water partition coefficient (Wildman–Crippen LogP) is 2.15. The van der Waals surface area contributed by atoms with Crippen molar-refractivity contribution in [3.05, 3.63) is 35.8 Å². The molecule has 4 rings (SSSR count). The number of nitrogens with one attached hydrogen (secondary N) is 1. The molecule has 2 aliphatic carbocycles. The predicted molar refractivity (Wildman–Crippen MR) is 82.6 cm³/mol. The first-order chi connectivity index (χ1) is 10.5. The molecule has 0 spiro atoms. The summed E-state index contributed by atoms with van der Waals surface area (Å²) >= 11 is 0. The van der Waals surface area contributed by atoms with E-state index < -0.39 is 5.60 Å². The van der Waals surface area contributed by atoms with Gasteiger partial charge in [-0.2, -0.15) is 0 Å². The summed E-state index contributed by atoms with van der Waals surface area (Å²) < 4.78 is 0. The number of carbonyl (C=O) groups is 1. The fourth-order valence-corrected chi connectivity index (χ4v) is 3.14. The van der Waals surface area contributed by atoms with Gasteiger partial charge in [-0.25, -0.2) is 0 Å². The Morgan fingerprint density at radius 3 is 2.73 bits per heavy atom. The zero-order valence-electron chi connectivity index (χ0n) is 12.5. The smallest absolute Gasteiger partial charge is 0.253 e. The third-order valence-corrected chi connectivity index (χ3v) is 4.55. The quantitative estimate of drug-likeness (QED) is 0.910. The number of hydrogen-bond acceptors (Lipinski definition) is 4. The molecule has 2 aromatic rings. The van der Waals surface area contributed by atoms with Crippen LogP contribution in [0.15, 0.2) is 24.5 Å². The molecule has 0 bridgehead atoms. The highest BCUT2D eigenvalue weighted by Gasteiger charge is 2.39. The van der Waals surface area contributed by atoms with E-state index in [1.165, 1.54) is 12.8 Å². The van der Waals surface area contributed by atoms with E-state index in [1.54, 1.807) is 19.3 Å². The van der Waals surface area contributed by atoms with Crippen LogP contribution in [-0.4, -0.2) is 32.6 Å².